The summed E-state index contributed by atoms with van der Waals surface area (Å²) in [5.74, 6) is 0.872. The molecule has 2 rings (SSSR count). The summed E-state index contributed by atoms with van der Waals surface area (Å²) in [5.41, 5.74) is 5.60. The standard InChI is InChI=1S/C12H19BrN2S/c13-11-7-12(16-9-11)8-15-5-2-10(1-4-14)3-6-15/h7,9-10H,1-6,8,14H2. The van der Waals surface area contributed by atoms with E-state index in [2.05, 4.69) is 32.3 Å². The predicted molar refractivity (Wildman–Crippen MR) is 73.7 cm³/mol. The summed E-state index contributed by atoms with van der Waals surface area (Å²) in [6.07, 6.45) is 3.85. The predicted octanol–water partition coefficient (Wildman–Crippen LogP) is 3.07. The summed E-state index contributed by atoms with van der Waals surface area (Å²) in [6.45, 7) is 4.44. The topological polar surface area (TPSA) is 29.3 Å². The van der Waals surface area contributed by atoms with Gasteiger partial charge in [-0.1, -0.05) is 0 Å². The smallest absolute Gasteiger partial charge is 0.0328 e. The fraction of sp³-hybridized carbons (Fsp3) is 0.667. The van der Waals surface area contributed by atoms with Gasteiger partial charge in [-0.05, 0) is 66.8 Å². The van der Waals surface area contributed by atoms with Gasteiger partial charge in [0, 0.05) is 21.3 Å². The molecule has 4 heteroatoms. The van der Waals surface area contributed by atoms with E-state index in [9.17, 15) is 0 Å². The quantitative estimate of drug-likeness (QED) is 0.926. The van der Waals surface area contributed by atoms with Crippen LogP contribution in [0.5, 0.6) is 0 Å². The van der Waals surface area contributed by atoms with Gasteiger partial charge in [0.1, 0.15) is 0 Å². The molecule has 0 aliphatic carbocycles. The van der Waals surface area contributed by atoms with Crippen LogP contribution in [0.4, 0.5) is 0 Å². The largest absolute Gasteiger partial charge is 0.330 e. The highest BCUT2D eigenvalue weighted by atomic mass is 79.9. The Bertz CT molecular complexity index is 319. The van der Waals surface area contributed by atoms with E-state index in [0.717, 1.165) is 19.0 Å². The fourth-order valence-electron chi connectivity index (χ4n) is 2.33. The molecule has 2 heterocycles. The third-order valence-electron chi connectivity index (χ3n) is 3.28. The average Bonchev–Trinajstić information content (AvgIpc) is 2.67. The molecule has 0 atom stereocenters. The Balaban J connectivity index is 1.77. The molecule has 1 aromatic heterocycles. The van der Waals surface area contributed by atoms with E-state index in [4.69, 9.17) is 5.73 Å². The number of likely N-dealkylation sites (tertiary alicyclic amines) is 1. The van der Waals surface area contributed by atoms with Crippen molar-refractivity contribution in [1.82, 2.24) is 4.90 Å². The van der Waals surface area contributed by atoms with E-state index < -0.39 is 0 Å². The van der Waals surface area contributed by atoms with E-state index in [1.807, 2.05) is 11.3 Å². The molecule has 90 valence electrons. The monoisotopic (exact) mass is 302 g/mol. The first-order valence-corrected chi connectivity index (χ1v) is 7.60. The number of nitrogens with two attached hydrogens (primary N) is 1. The Morgan fingerprint density at radius 2 is 2.19 bits per heavy atom. The molecule has 2 nitrogen and oxygen atoms in total. The molecular formula is C12H19BrN2S. The molecule has 0 saturated carbocycles. The van der Waals surface area contributed by atoms with Crippen molar-refractivity contribution in [3.63, 3.8) is 0 Å². The lowest BCUT2D eigenvalue weighted by Crippen LogP contribution is -2.33. The Morgan fingerprint density at radius 3 is 2.75 bits per heavy atom. The molecule has 0 amide bonds. The molecule has 1 fully saturated rings. The van der Waals surface area contributed by atoms with Gasteiger partial charge in [-0.15, -0.1) is 11.3 Å². The van der Waals surface area contributed by atoms with Gasteiger partial charge in [0.2, 0.25) is 0 Å². The second-order valence-corrected chi connectivity index (χ2v) is 6.44. The van der Waals surface area contributed by atoms with E-state index in [0.29, 0.717) is 0 Å². The fourth-order valence-corrected chi connectivity index (χ4v) is 3.82. The minimum absolute atomic E-state index is 0.850. The lowest BCUT2D eigenvalue weighted by molar-refractivity contribution is 0.175. The van der Waals surface area contributed by atoms with Crippen LogP contribution in [0, 0.1) is 5.92 Å². The van der Waals surface area contributed by atoms with Gasteiger partial charge in [-0.3, -0.25) is 4.90 Å². The van der Waals surface area contributed by atoms with E-state index in [1.165, 1.54) is 41.7 Å². The van der Waals surface area contributed by atoms with Gasteiger partial charge in [0.25, 0.3) is 0 Å². The normalized spacial score (nSPS) is 19.1. The maximum Gasteiger partial charge on any atom is 0.0328 e. The third-order valence-corrected chi connectivity index (χ3v) is 4.97. The number of hydrogen-bond donors (Lipinski definition) is 1. The van der Waals surface area contributed by atoms with Crippen LogP contribution in [0.3, 0.4) is 0 Å². The van der Waals surface area contributed by atoms with Crippen LogP contribution in [-0.4, -0.2) is 24.5 Å². The highest BCUT2D eigenvalue weighted by Crippen LogP contribution is 2.25. The van der Waals surface area contributed by atoms with Gasteiger partial charge in [-0.25, -0.2) is 0 Å². The van der Waals surface area contributed by atoms with Crippen LogP contribution in [-0.2, 0) is 6.54 Å². The molecule has 1 aliphatic rings. The van der Waals surface area contributed by atoms with E-state index in [1.54, 1.807) is 0 Å². The van der Waals surface area contributed by atoms with Crippen LogP contribution in [0.1, 0.15) is 24.1 Å². The van der Waals surface area contributed by atoms with Crippen LogP contribution < -0.4 is 5.73 Å². The van der Waals surface area contributed by atoms with Gasteiger partial charge >= 0.3 is 0 Å². The molecule has 2 N–H and O–H groups in total. The van der Waals surface area contributed by atoms with Crippen LogP contribution in [0.15, 0.2) is 15.9 Å². The van der Waals surface area contributed by atoms with Crippen LogP contribution in [0.25, 0.3) is 0 Å². The number of nitrogens with zero attached hydrogens (tertiary/aromatic N) is 1. The van der Waals surface area contributed by atoms with E-state index >= 15 is 0 Å². The molecule has 0 radical (unpaired) electrons. The average molecular weight is 303 g/mol. The van der Waals surface area contributed by atoms with Crippen molar-refractivity contribution in [2.75, 3.05) is 19.6 Å². The number of thiophene rings is 1. The summed E-state index contributed by atoms with van der Waals surface area (Å²) in [6, 6.07) is 2.23. The zero-order chi connectivity index (χ0) is 11.4. The van der Waals surface area contributed by atoms with E-state index in [-0.39, 0.29) is 0 Å². The molecule has 0 bridgehead atoms. The number of halogens is 1. The number of rotatable bonds is 4. The first-order chi connectivity index (χ1) is 7.78. The Kier molecular flexibility index (Phi) is 4.82. The minimum Gasteiger partial charge on any atom is -0.330 e. The van der Waals surface area contributed by atoms with Crippen LogP contribution >= 0.6 is 27.3 Å². The van der Waals surface area contributed by atoms with Crippen molar-refractivity contribution in [2.24, 2.45) is 11.7 Å². The lowest BCUT2D eigenvalue weighted by atomic mass is 9.94. The van der Waals surface area contributed by atoms with Gasteiger partial charge < -0.3 is 5.73 Å². The highest BCUT2D eigenvalue weighted by molar-refractivity contribution is 9.10. The first-order valence-electron chi connectivity index (χ1n) is 5.93. The summed E-state index contributed by atoms with van der Waals surface area (Å²) < 4.78 is 1.21. The first kappa shape index (κ1) is 12.6. The highest BCUT2D eigenvalue weighted by Gasteiger charge is 2.18. The van der Waals surface area contributed by atoms with Crippen molar-refractivity contribution in [3.05, 3.63) is 20.8 Å². The Hall–Kier alpha value is 0.1000. The summed E-state index contributed by atoms with van der Waals surface area (Å²) >= 11 is 5.35. The van der Waals surface area contributed by atoms with Gasteiger partial charge in [0.15, 0.2) is 0 Å². The lowest BCUT2D eigenvalue weighted by Gasteiger charge is -2.31. The van der Waals surface area contributed by atoms with Crippen LogP contribution in [0.2, 0.25) is 0 Å². The summed E-state index contributed by atoms with van der Waals surface area (Å²) in [4.78, 5) is 4.02. The third kappa shape index (κ3) is 3.55. The summed E-state index contributed by atoms with van der Waals surface area (Å²) in [5, 5.41) is 2.16. The molecule has 16 heavy (non-hydrogen) atoms. The Labute approximate surface area is 110 Å². The summed E-state index contributed by atoms with van der Waals surface area (Å²) in [7, 11) is 0. The maximum absolute atomic E-state index is 5.60. The van der Waals surface area contributed by atoms with Crippen molar-refractivity contribution in [2.45, 2.75) is 25.8 Å². The molecular weight excluding hydrogens is 284 g/mol. The van der Waals surface area contributed by atoms with Gasteiger partial charge in [0.05, 0.1) is 0 Å². The zero-order valence-corrected chi connectivity index (χ0v) is 11.9. The molecule has 0 spiro atoms. The van der Waals surface area contributed by atoms with Gasteiger partial charge in [-0.2, -0.15) is 0 Å². The SMILES string of the molecule is NCCC1CCN(Cc2cc(Br)cs2)CC1. The molecule has 1 aromatic rings. The molecule has 0 unspecified atom stereocenters. The second kappa shape index (κ2) is 6.15. The molecule has 1 aliphatic heterocycles. The molecule has 1 saturated heterocycles. The van der Waals surface area contributed by atoms with Crippen molar-refractivity contribution < 1.29 is 0 Å². The van der Waals surface area contributed by atoms with Crippen molar-refractivity contribution in [1.29, 1.82) is 0 Å². The number of piperidine rings is 1. The van der Waals surface area contributed by atoms with Crippen molar-refractivity contribution >= 4 is 27.3 Å². The van der Waals surface area contributed by atoms with Crippen molar-refractivity contribution in [3.8, 4) is 0 Å². The second-order valence-electron chi connectivity index (χ2n) is 4.53. The molecule has 0 aromatic carbocycles. The maximum atomic E-state index is 5.60. The minimum atomic E-state index is 0.850. The Morgan fingerprint density at radius 1 is 1.44 bits per heavy atom. The zero-order valence-electron chi connectivity index (χ0n) is 9.49. The number of hydrogen-bond acceptors (Lipinski definition) is 3.